The Labute approximate surface area is 197 Å². The number of carbonyl (C=O) groups is 1. The van der Waals surface area contributed by atoms with Crippen LogP contribution in [-0.4, -0.2) is 11.7 Å². The summed E-state index contributed by atoms with van der Waals surface area (Å²) in [6.07, 6.45) is 2.91. The molecule has 0 fully saturated rings. The Kier molecular flexibility index (Phi) is 7.61. The van der Waals surface area contributed by atoms with E-state index in [4.69, 9.17) is 11.6 Å². The Hall–Kier alpha value is -2.39. The van der Waals surface area contributed by atoms with Crippen molar-refractivity contribution in [3.63, 3.8) is 0 Å². The Bertz CT molecular complexity index is 1010. The molecule has 0 saturated carbocycles. The fourth-order valence-electron chi connectivity index (χ4n) is 4.54. The quantitative estimate of drug-likeness (QED) is 0.477. The molecule has 0 aliphatic carbocycles. The van der Waals surface area contributed by atoms with Crippen molar-refractivity contribution in [3.8, 4) is 0 Å². The monoisotopic (exact) mass is 450 g/mol. The zero-order valence-corrected chi connectivity index (χ0v) is 20.3. The highest BCUT2D eigenvalue weighted by Crippen LogP contribution is 2.37. The lowest BCUT2D eigenvalue weighted by Crippen LogP contribution is -2.36. The predicted molar refractivity (Wildman–Crippen MR) is 131 cm³/mol. The Morgan fingerprint density at radius 2 is 1.91 bits per heavy atom. The highest BCUT2D eigenvalue weighted by atomic mass is 35.5. The number of nitrogens with zero attached hydrogens (tertiary/aromatic N) is 1. The van der Waals surface area contributed by atoms with Gasteiger partial charge in [-0.1, -0.05) is 74.5 Å². The number of hydrogen-bond acceptors (Lipinski definition) is 3. The first-order chi connectivity index (χ1) is 15.1. The van der Waals surface area contributed by atoms with Gasteiger partial charge in [0.15, 0.2) is 0 Å². The second kappa shape index (κ2) is 10.0. The van der Waals surface area contributed by atoms with Gasteiger partial charge < -0.3 is 5.11 Å². The summed E-state index contributed by atoms with van der Waals surface area (Å²) in [4.78, 5) is 17.3. The number of Topliss-reactive ketones (excluding diaryl/α,β-unsaturated/α-hetero) is 1. The van der Waals surface area contributed by atoms with E-state index < -0.39 is 5.41 Å². The van der Waals surface area contributed by atoms with E-state index >= 15 is 0 Å². The van der Waals surface area contributed by atoms with Crippen molar-refractivity contribution in [1.29, 1.82) is 0 Å². The Balaban J connectivity index is 1.63. The van der Waals surface area contributed by atoms with E-state index in [2.05, 4.69) is 24.6 Å². The minimum Gasteiger partial charge on any atom is -0.862 e. The molecule has 1 heterocycles. The number of aryl methyl sites for hydroxylation is 1. The third kappa shape index (κ3) is 5.32. The van der Waals surface area contributed by atoms with Crippen molar-refractivity contribution < 1.29 is 9.90 Å². The largest absolute Gasteiger partial charge is 0.862 e. The van der Waals surface area contributed by atoms with Crippen LogP contribution in [0.5, 0.6) is 0 Å². The molecule has 0 amide bonds. The van der Waals surface area contributed by atoms with Crippen molar-refractivity contribution in [3.05, 3.63) is 82.5 Å². The molecule has 0 radical (unpaired) electrons. The van der Waals surface area contributed by atoms with Gasteiger partial charge in [-0.3, -0.25) is 9.79 Å². The van der Waals surface area contributed by atoms with Crippen LogP contribution in [0.3, 0.4) is 0 Å². The molecule has 1 aliphatic heterocycles. The minimum absolute atomic E-state index is 0.00559. The van der Waals surface area contributed by atoms with Crippen LogP contribution < -0.4 is 5.11 Å². The maximum Gasteiger partial charge on any atom is 0.145 e. The van der Waals surface area contributed by atoms with Crippen LogP contribution in [0.15, 0.2) is 65.8 Å². The van der Waals surface area contributed by atoms with Crippen molar-refractivity contribution in [1.82, 2.24) is 0 Å². The lowest BCUT2D eigenvalue weighted by molar-refractivity contribution is -0.219. The number of halogens is 1. The van der Waals surface area contributed by atoms with Gasteiger partial charge in [-0.05, 0) is 74.1 Å². The summed E-state index contributed by atoms with van der Waals surface area (Å²) < 4.78 is 0. The predicted octanol–water partition coefficient (Wildman–Crippen LogP) is 6.24. The summed E-state index contributed by atoms with van der Waals surface area (Å²) in [6.45, 7) is 12.2. The van der Waals surface area contributed by atoms with Gasteiger partial charge in [0.2, 0.25) is 0 Å². The molecule has 2 aromatic rings. The van der Waals surface area contributed by atoms with Crippen LogP contribution >= 0.6 is 11.6 Å². The maximum atomic E-state index is 13.3. The average molecular weight is 451 g/mol. The fourth-order valence-corrected chi connectivity index (χ4v) is 4.88. The molecule has 0 saturated heterocycles. The highest BCUT2D eigenvalue weighted by Gasteiger charge is 2.35. The first-order valence-corrected chi connectivity index (χ1v) is 11.8. The number of benzene rings is 2. The lowest BCUT2D eigenvalue weighted by Gasteiger charge is -2.30. The molecule has 3 rings (SSSR count). The zero-order valence-electron chi connectivity index (χ0n) is 19.5. The summed E-state index contributed by atoms with van der Waals surface area (Å²) >= 11 is 6.60. The van der Waals surface area contributed by atoms with Crippen molar-refractivity contribution >= 4 is 23.3 Å². The molecule has 3 unspecified atom stereocenters. The van der Waals surface area contributed by atoms with Crippen LogP contribution in [0, 0.1) is 11.8 Å². The molecule has 0 N–H and O–H groups in total. The van der Waals surface area contributed by atoms with Gasteiger partial charge in [0.25, 0.3) is 0 Å². The zero-order chi connectivity index (χ0) is 23.5. The molecule has 32 heavy (non-hydrogen) atoms. The van der Waals surface area contributed by atoms with Gasteiger partial charge in [0.1, 0.15) is 5.78 Å². The van der Waals surface area contributed by atoms with E-state index in [0.717, 1.165) is 29.5 Å². The third-order valence-corrected chi connectivity index (χ3v) is 7.35. The maximum absolute atomic E-state index is 13.3. The molecule has 0 aromatic heterocycles. The Morgan fingerprint density at radius 3 is 2.53 bits per heavy atom. The summed E-state index contributed by atoms with van der Waals surface area (Å²) in [6, 6.07) is 16.2. The first kappa shape index (κ1) is 24.3. The van der Waals surface area contributed by atoms with E-state index in [1.807, 2.05) is 63.2 Å². The standard InChI is InChI=1S/C28H34ClNO2/c1-18(19(2)27(32)28(4,5)22-9-7-6-8-10-22)11-12-21-13-14-24(25(29)17-21)23-15-16-26(31)30-20(23)3/h6-10,13-14,17-19,23H,3,11-12,15-16H2,1-2,4-5H3,(H,30,31)/p-1. The highest BCUT2D eigenvalue weighted by molar-refractivity contribution is 6.31. The van der Waals surface area contributed by atoms with Crippen molar-refractivity contribution in [2.24, 2.45) is 16.8 Å². The molecule has 1 aliphatic rings. The van der Waals surface area contributed by atoms with Crippen LogP contribution in [0.2, 0.25) is 5.02 Å². The average Bonchev–Trinajstić information content (AvgIpc) is 2.77. The number of rotatable bonds is 8. The number of carbonyl (C=O) groups excluding carboxylic acids is 1. The van der Waals surface area contributed by atoms with Crippen LogP contribution in [0.25, 0.3) is 0 Å². The third-order valence-electron chi connectivity index (χ3n) is 7.02. The second-order valence-corrected chi connectivity index (χ2v) is 10.0. The fraction of sp³-hybridized carbons (Fsp3) is 0.429. The van der Waals surface area contributed by atoms with Crippen LogP contribution in [0.4, 0.5) is 0 Å². The van der Waals surface area contributed by atoms with Gasteiger partial charge in [0, 0.05) is 28.0 Å². The molecule has 170 valence electrons. The van der Waals surface area contributed by atoms with E-state index in [9.17, 15) is 9.90 Å². The van der Waals surface area contributed by atoms with E-state index in [0.29, 0.717) is 23.6 Å². The van der Waals surface area contributed by atoms with Crippen molar-refractivity contribution in [2.75, 3.05) is 0 Å². The van der Waals surface area contributed by atoms with Gasteiger partial charge >= 0.3 is 0 Å². The van der Waals surface area contributed by atoms with Crippen LogP contribution in [0.1, 0.15) is 69.6 Å². The minimum atomic E-state index is -0.505. The summed E-state index contributed by atoms with van der Waals surface area (Å²) in [5.74, 6) is 0.397. The molecule has 2 aromatic carbocycles. The normalized spacial score (nSPS) is 18.7. The lowest BCUT2D eigenvalue weighted by atomic mass is 9.72. The molecule has 0 spiro atoms. The smallest absolute Gasteiger partial charge is 0.145 e. The molecule has 3 atom stereocenters. The van der Waals surface area contributed by atoms with Crippen molar-refractivity contribution in [2.45, 2.75) is 64.7 Å². The SMILES string of the molecule is C=C1N=C([O-])CCC1c1ccc(CCC(C)C(C)C(=O)C(C)(C)c2ccccc2)cc1Cl. The van der Waals surface area contributed by atoms with Gasteiger partial charge in [-0.15, -0.1) is 0 Å². The van der Waals surface area contributed by atoms with Crippen LogP contribution in [-0.2, 0) is 16.6 Å². The summed E-state index contributed by atoms with van der Waals surface area (Å²) in [5.41, 5.74) is 3.29. The second-order valence-electron chi connectivity index (χ2n) is 9.60. The van der Waals surface area contributed by atoms with E-state index in [1.54, 1.807) is 0 Å². The topological polar surface area (TPSA) is 52.5 Å². The number of ketones is 1. The molecule has 3 nitrogen and oxygen atoms in total. The number of allylic oxidation sites excluding steroid dienone is 1. The summed E-state index contributed by atoms with van der Waals surface area (Å²) in [7, 11) is 0. The van der Waals surface area contributed by atoms with E-state index in [-0.39, 0.29) is 29.4 Å². The molecular weight excluding hydrogens is 418 g/mol. The Morgan fingerprint density at radius 1 is 1.22 bits per heavy atom. The van der Waals surface area contributed by atoms with Gasteiger partial charge in [-0.25, -0.2) is 0 Å². The van der Waals surface area contributed by atoms with E-state index in [1.165, 1.54) is 0 Å². The molecule has 4 heteroatoms. The summed E-state index contributed by atoms with van der Waals surface area (Å²) in [5, 5.41) is 12.2. The molecular formula is C28H33ClNO2-. The molecule has 0 bridgehead atoms. The number of aliphatic imine (C=N–C) groups is 1. The number of hydrogen-bond donors (Lipinski definition) is 0. The van der Waals surface area contributed by atoms with Gasteiger partial charge in [0.05, 0.1) is 0 Å². The van der Waals surface area contributed by atoms with Gasteiger partial charge in [-0.2, -0.15) is 0 Å². The first-order valence-electron chi connectivity index (χ1n) is 11.4.